The first-order chi connectivity index (χ1) is 33.9. The van der Waals surface area contributed by atoms with Gasteiger partial charge in [0.25, 0.3) is 0 Å². The molecule has 7 fully saturated rings. The summed E-state index contributed by atoms with van der Waals surface area (Å²) < 4.78 is 13.2. The summed E-state index contributed by atoms with van der Waals surface area (Å²) in [7, 11) is 4.19. The van der Waals surface area contributed by atoms with Gasteiger partial charge < -0.3 is 35.6 Å². The summed E-state index contributed by atoms with van der Waals surface area (Å²) in [4.78, 5) is 34.9. The van der Waals surface area contributed by atoms with Crippen LogP contribution in [0.4, 0.5) is 0 Å². The molecular formula is C58H82N4O6S2. The molecule has 6 saturated carbocycles. The third kappa shape index (κ3) is 9.29. The summed E-state index contributed by atoms with van der Waals surface area (Å²) in [6.07, 6.45) is 27.3. The number of aromatic hydroxyl groups is 1. The number of aliphatic hydroxyl groups excluding tert-OH is 1. The van der Waals surface area contributed by atoms with Crippen molar-refractivity contribution in [3.63, 3.8) is 0 Å². The Hall–Kier alpha value is -3.09. The standard InChI is InChI=1S/C58H82N4O6S2/c1-39(63)68-56-30-21-41(48(64)33-56)15-10-25-54(23-5-6-24-54)38-69-70-58(29-11-28-55(58)26-7-8-27-55)61-53(59)60-35-45-18-20-47(40-12-3-2-4-13-40)57(45)34-50(65)62(37-57)36-44-32-43(22-31-56)46-19-17-42-14-9-16-49(42)67-52(46)51(44)66/h2-4,12-13,32,41-42,45,47-49,64,66H,5-11,14-31,33-38H2,1H3,(H3,59,60,61)/t41-,42-,45+,47+,48+,49+,56+,57-,58+/m0/s1. The second-order valence-electron chi connectivity index (χ2n) is 24.4. The molecule has 4 spiro atoms. The minimum atomic E-state index is -0.770. The van der Waals surface area contributed by atoms with E-state index in [0.717, 1.165) is 99.5 Å². The highest BCUT2D eigenvalue weighted by molar-refractivity contribution is 8.77. The van der Waals surface area contributed by atoms with Gasteiger partial charge in [0.15, 0.2) is 17.5 Å². The molecule has 12 rings (SSSR count). The highest BCUT2D eigenvalue weighted by Crippen LogP contribution is 2.64. The van der Waals surface area contributed by atoms with Crippen molar-refractivity contribution in [1.82, 2.24) is 10.2 Å². The van der Waals surface area contributed by atoms with E-state index in [4.69, 9.17) is 20.2 Å². The number of nitrogens with one attached hydrogen (secondary N) is 1. The second-order valence-corrected chi connectivity index (χ2v) is 27.0. The van der Waals surface area contributed by atoms with Gasteiger partial charge in [-0.3, -0.25) is 14.6 Å². The van der Waals surface area contributed by atoms with Crippen LogP contribution in [0.5, 0.6) is 11.5 Å². The van der Waals surface area contributed by atoms with Gasteiger partial charge in [-0.25, -0.2) is 0 Å². The van der Waals surface area contributed by atoms with E-state index >= 15 is 0 Å². The van der Waals surface area contributed by atoms with Gasteiger partial charge in [0, 0.05) is 67.1 Å². The fourth-order valence-electron chi connectivity index (χ4n) is 16.8. The molecule has 10 aliphatic rings. The Morgan fingerprint density at radius 2 is 1.63 bits per heavy atom. The van der Waals surface area contributed by atoms with Crippen LogP contribution in [0.1, 0.15) is 196 Å². The highest BCUT2D eigenvalue weighted by atomic mass is 33.1. The third-order valence-electron chi connectivity index (χ3n) is 20.6. The lowest BCUT2D eigenvalue weighted by Gasteiger charge is -2.44. The first-order valence-electron chi connectivity index (χ1n) is 28.0. The minimum absolute atomic E-state index is 0.0697. The van der Waals surface area contributed by atoms with E-state index < -0.39 is 11.7 Å². The first kappa shape index (κ1) is 49.1. The van der Waals surface area contributed by atoms with E-state index in [2.05, 4.69) is 63.3 Å². The van der Waals surface area contributed by atoms with Gasteiger partial charge in [0.1, 0.15) is 16.6 Å². The summed E-state index contributed by atoms with van der Waals surface area (Å²) in [6.45, 7) is 2.97. The van der Waals surface area contributed by atoms with Gasteiger partial charge in [-0.1, -0.05) is 84.0 Å². The molecular weight excluding hydrogens is 913 g/mol. The SMILES string of the molecule is CC(=O)O[C@@]12CCc3cc(c(O)c4c3CC[C@@H]3CCC[C@H]3O4)CN3C[C@@]4(CC3=O)[C@H](CC[C@@H]4c3ccccc3)CN=C(N)N[C@]3(CCCC34CCCC4)SSCC3(CCCC3)CCC[C@@H](CC1)[C@H](O)C2. The van der Waals surface area contributed by atoms with Crippen molar-refractivity contribution >= 4 is 39.4 Å². The number of hydrogen-bond acceptors (Lipinski definition) is 11. The number of aliphatic imine (C=N–C) groups is 1. The van der Waals surface area contributed by atoms with Crippen LogP contribution in [0.15, 0.2) is 41.4 Å². The average molecular weight is 995 g/mol. The summed E-state index contributed by atoms with van der Waals surface area (Å²) in [5.74, 6) is 3.29. The number of hydrogen-bond donors (Lipinski definition) is 4. The third-order valence-corrected chi connectivity index (χ3v) is 24.0. The number of carbonyl (C=O) groups is 2. The maximum atomic E-state index is 14.8. The van der Waals surface area contributed by atoms with E-state index in [1.807, 2.05) is 4.90 Å². The van der Waals surface area contributed by atoms with E-state index in [0.29, 0.717) is 68.4 Å². The van der Waals surface area contributed by atoms with Gasteiger partial charge in [0.05, 0.1) is 6.10 Å². The number of aliphatic hydroxyl groups is 1. The number of nitrogens with zero attached hydrogens (tertiary/aromatic N) is 2. The minimum Gasteiger partial charge on any atom is -0.504 e. The maximum Gasteiger partial charge on any atom is 0.303 e. The summed E-state index contributed by atoms with van der Waals surface area (Å²) >= 11 is 0. The largest absolute Gasteiger partial charge is 0.504 e. The number of ether oxygens (including phenoxy) is 2. The Bertz CT molecular complexity index is 2260. The quantitative estimate of drug-likeness (QED) is 0.169. The molecule has 0 aromatic heterocycles. The monoisotopic (exact) mass is 995 g/mol. The van der Waals surface area contributed by atoms with Crippen LogP contribution in [0.2, 0.25) is 0 Å². The fourth-order valence-corrected chi connectivity index (χ4v) is 21.1. The molecule has 70 heavy (non-hydrogen) atoms. The lowest BCUT2D eigenvalue weighted by molar-refractivity contribution is -0.168. The van der Waals surface area contributed by atoms with E-state index in [9.17, 15) is 19.8 Å². The molecule has 9 atom stereocenters. The molecule has 10 nitrogen and oxygen atoms in total. The molecule has 0 radical (unpaired) electrons. The predicted molar refractivity (Wildman–Crippen MR) is 281 cm³/mol. The van der Waals surface area contributed by atoms with Crippen LogP contribution in [0.25, 0.3) is 0 Å². The zero-order valence-electron chi connectivity index (χ0n) is 42.2. The smallest absolute Gasteiger partial charge is 0.303 e. The normalized spacial score (nSPS) is 36.6. The molecule has 4 heterocycles. The van der Waals surface area contributed by atoms with Gasteiger partial charge >= 0.3 is 5.97 Å². The number of amides is 1. The molecule has 5 N–H and O–H groups in total. The number of rotatable bonds is 2. The molecule has 12 heteroatoms. The number of esters is 1. The fraction of sp³-hybridized carbons (Fsp3) is 0.741. The number of benzene rings is 2. The van der Waals surface area contributed by atoms with Crippen molar-refractivity contribution in [1.29, 1.82) is 0 Å². The van der Waals surface area contributed by atoms with Crippen LogP contribution in [-0.2, 0) is 33.7 Å². The van der Waals surface area contributed by atoms with Gasteiger partial charge in [-0.05, 0) is 175 Å². The Morgan fingerprint density at radius 1 is 0.857 bits per heavy atom. The van der Waals surface area contributed by atoms with E-state index in [-0.39, 0.29) is 57.2 Å². The molecule has 2 aromatic rings. The topological polar surface area (TPSA) is 147 Å². The van der Waals surface area contributed by atoms with Gasteiger partial charge in [-0.15, -0.1) is 0 Å². The number of nitrogens with two attached hydrogens (primary N) is 1. The van der Waals surface area contributed by atoms with Gasteiger partial charge in [-0.2, -0.15) is 0 Å². The van der Waals surface area contributed by atoms with E-state index in [1.165, 1.54) is 83.1 Å². The van der Waals surface area contributed by atoms with Crippen LogP contribution < -0.4 is 15.8 Å². The van der Waals surface area contributed by atoms with E-state index in [1.54, 1.807) is 0 Å². The van der Waals surface area contributed by atoms with Crippen LogP contribution in [-0.4, -0.2) is 74.5 Å². The molecule has 4 aliphatic heterocycles. The highest BCUT2D eigenvalue weighted by Gasteiger charge is 2.59. The number of aryl methyl sites for hydroxylation is 1. The Kier molecular flexibility index (Phi) is 14.0. The summed E-state index contributed by atoms with van der Waals surface area (Å²) in [6, 6.07) is 13.0. The van der Waals surface area contributed by atoms with Crippen molar-refractivity contribution in [3.8, 4) is 11.5 Å². The summed E-state index contributed by atoms with van der Waals surface area (Å²) in [5.41, 5.74) is 10.7. The molecule has 0 unspecified atom stereocenters. The van der Waals surface area contributed by atoms with Crippen molar-refractivity contribution < 1.29 is 29.3 Å². The zero-order chi connectivity index (χ0) is 48.1. The average Bonchev–Trinajstić information content (AvgIpc) is 4.22. The number of guanidine groups is 1. The lowest BCUT2D eigenvalue weighted by Crippen LogP contribution is -2.55. The molecule has 2 aromatic carbocycles. The molecule has 6 aliphatic carbocycles. The molecule has 1 amide bonds. The maximum absolute atomic E-state index is 14.8. The summed E-state index contributed by atoms with van der Waals surface area (Å²) in [5, 5.41) is 28.4. The van der Waals surface area contributed by atoms with Crippen molar-refractivity contribution in [2.45, 2.75) is 215 Å². The number of phenols is 1. The van der Waals surface area contributed by atoms with Crippen LogP contribution in [0.3, 0.4) is 0 Å². The lowest BCUT2D eigenvalue weighted by atomic mass is 9.68. The van der Waals surface area contributed by atoms with Crippen molar-refractivity contribution in [2.24, 2.45) is 44.7 Å². The number of carbonyl (C=O) groups excluding carboxylic acids is 2. The number of fused-ring (bicyclic) bond motifs is 11. The van der Waals surface area contributed by atoms with Gasteiger partial charge in [0.2, 0.25) is 5.91 Å². The zero-order valence-corrected chi connectivity index (χ0v) is 43.8. The number of phenolic OH excluding ortho intramolecular Hbond substituents is 1. The molecule has 1 saturated heterocycles. The first-order valence-corrected chi connectivity index (χ1v) is 30.4. The Labute approximate surface area is 426 Å². The Balaban J connectivity index is 0.957. The van der Waals surface area contributed by atoms with Crippen LogP contribution in [0, 0.1) is 34.0 Å². The predicted octanol–water partition coefficient (Wildman–Crippen LogP) is 11.7. The van der Waals surface area contributed by atoms with Crippen molar-refractivity contribution in [3.05, 3.63) is 58.7 Å². The molecule has 6 bridgehead atoms. The molecule has 382 valence electrons. The second kappa shape index (κ2) is 20.0. The van der Waals surface area contributed by atoms with Crippen molar-refractivity contribution in [2.75, 3.05) is 18.8 Å². The van der Waals surface area contributed by atoms with Crippen LogP contribution >= 0.6 is 21.6 Å². The Morgan fingerprint density at radius 3 is 2.43 bits per heavy atom.